The normalized spacial score (nSPS) is 11.1. The molecule has 0 aliphatic carbocycles. The van der Waals surface area contributed by atoms with Crippen LogP contribution < -0.4 is 10.9 Å². The molecular weight excluding hydrogens is 222 g/mol. The molecular formula is C11H17N3O3. The van der Waals surface area contributed by atoms with Crippen LogP contribution in [-0.2, 0) is 4.74 Å². The van der Waals surface area contributed by atoms with Gasteiger partial charge >= 0.3 is 6.09 Å². The summed E-state index contributed by atoms with van der Waals surface area (Å²) >= 11 is 0. The van der Waals surface area contributed by atoms with Crippen molar-refractivity contribution in [2.45, 2.75) is 40.2 Å². The van der Waals surface area contributed by atoms with Gasteiger partial charge < -0.3 is 9.72 Å². The summed E-state index contributed by atoms with van der Waals surface area (Å²) in [5.74, 6) is 0.659. The van der Waals surface area contributed by atoms with E-state index in [0.717, 1.165) is 0 Å². The van der Waals surface area contributed by atoms with E-state index in [4.69, 9.17) is 4.74 Å². The van der Waals surface area contributed by atoms with Crippen LogP contribution in [0.1, 0.15) is 32.2 Å². The molecule has 0 fully saturated rings. The average Bonchev–Trinajstić information content (AvgIpc) is 2.10. The van der Waals surface area contributed by atoms with E-state index in [2.05, 4.69) is 15.3 Å². The third kappa shape index (κ3) is 3.90. The maximum Gasteiger partial charge on any atom is 0.413 e. The van der Waals surface area contributed by atoms with Crippen LogP contribution in [0, 0.1) is 13.8 Å². The molecule has 0 aliphatic heterocycles. The van der Waals surface area contributed by atoms with Crippen LogP contribution in [-0.4, -0.2) is 21.7 Å². The Morgan fingerprint density at radius 1 is 1.35 bits per heavy atom. The van der Waals surface area contributed by atoms with E-state index in [-0.39, 0.29) is 11.4 Å². The molecule has 0 saturated carbocycles. The lowest BCUT2D eigenvalue weighted by molar-refractivity contribution is 0.0635. The van der Waals surface area contributed by atoms with E-state index < -0.39 is 11.7 Å². The molecule has 1 aromatic heterocycles. The first kappa shape index (κ1) is 13.2. The number of nitrogens with one attached hydrogen (secondary N) is 2. The molecule has 94 valence electrons. The quantitative estimate of drug-likeness (QED) is 0.781. The van der Waals surface area contributed by atoms with Crippen molar-refractivity contribution in [2.75, 3.05) is 5.32 Å². The van der Waals surface area contributed by atoms with E-state index >= 15 is 0 Å². The van der Waals surface area contributed by atoms with Crippen LogP contribution in [0.3, 0.4) is 0 Å². The second-order valence-electron chi connectivity index (χ2n) is 4.75. The lowest BCUT2D eigenvalue weighted by atomic mass is 10.2. The Labute approximate surface area is 99.4 Å². The fraction of sp³-hybridized carbons (Fsp3) is 0.545. The monoisotopic (exact) mass is 239 g/mol. The number of hydrogen-bond donors (Lipinski definition) is 2. The first-order chi connectivity index (χ1) is 7.69. The van der Waals surface area contributed by atoms with Crippen LogP contribution in [0.25, 0.3) is 0 Å². The number of rotatable bonds is 1. The molecule has 6 heteroatoms. The highest BCUT2D eigenvalue weighted by Gasteiger charge is 2.17. The fourth-order valence-electron chi connectivity index (χ4n) is 1.17. The van der Waals surface area contributed by atoms with Crippen LogP contribution in [0.15, 0.2) is 4.79 Å². The highest BCUT2D eigenvalue weighted by molar-refractivity contribution is 5.84. The van der Waals surface area contributed by atoms with Crippen molar-refractivity contribution in [1.29, 1.82) is 0 Å². The van der Waals surface area contributed by atoms with E-state index in [9.17, 15) is 9.59 Å². The van der Waals surface area contributed by atoms with E-state index in [1.807, 2.05) is 0 Å². The Bertz CT molecular complexity index is 486. The lowest BCUT2D eigenvalue weighted by Crippen LogP contribution is -2.29. The Kier molecular flexibility index (Phi) is 3.55. The van der Waals surface area contributed by atoms with Crippen molar-refractivity contribution in [3.63, 3.8) is 0 Å². The van der Waals surface area contributed by atoms with Crippen molar-refractivity contribution in [2.24, 2.45) is 0 Å². The van der Waals surface area contributed by atoms with Gasteiger partial charge in [0.05, 0.1) is 5.56 Å². The van der Waals surface area contributed by atoms with Gasteiger partial charge in [0.15, 0.2) is 0 Å². The molecule has 0 aromatic carbocycles. The molecule has 1 amide bonds. The van der Waals surface area contributed by atoms with Crippen LogP contribution in [0.2, 0.25) is 0 Å². The molecule has 1 rings (SSSR count). The summed E-state index contributed by atoms with van der Waals surface area (Å²) in [6.45, 7) is 8.50. The van der Waals surface area contributed by atoms with Crippen molar-refractivity contribution in [3.8, 4) is 0 Å². The zero-order chi connectivity index (χ0) is 13.2. The Morgan fingerprint density at radius 3 is 2.47 bits per heavy atom. The molecule has 1 heterocycles. The smallest absolute Gasteiger partial charge is 0.413 e. The molecule has 0 aliphatic rings. The Morgan fingerprint density at radius 2 is 1.94 bits per heavy atom. The van der Waals surface area contributed by atoms with Crippen LogP contribution >= 0.6 is 0 Å². The van der Waals surface area contributed by atoms with Crippen LogP contribution in [0.5, 0.6) is 0 Å². The number of carbonyl (C=O) groups excluding carboxylic acids is 1. The Balaban J connectivity index is 2.89. The van der Waals surface area contributed by atoms with Gasteiger partial charge in [-0.2, -0.15) is 0 Å². The molecule has 2 N–H and O–H groups in total. The summed E-state index contributed by atoms with van der Waals surface area (Å²) in [5.41, 5.74) is -0.515. The number of nitrogens with zero attached hydrogens (tertiary/aromatic N) is 1. The maximum absolute atomic E-state index is 11.5. The predicted molar refractivity (Wildman–Crippen MR) is 64.2 cm³/mol. The van der Waals surface area contributed by atoms with Gasteiger partial charge in [-0.1, -0.05) is 0 Å². The number of hydrogen-bond acceptors (Lipinski definition) is 4. The zero-order valence-electron chi connectivity index (χ0n) is 10.7. The maximum atomic E-state index is 11.5. The first-order valence-corrected chi connectivity index (χ1v) is 5.26. The molecule has 0 atom stereocenters. The molecule has 0 unspecified atom stereocenters. The van der Waals surface area contributed by atoms with E-state index in [1.54, 1.807) is 34.6 Å². The summed E-state index contributed by atoms with van der Waals surface area (Å²) < 4.78 is 5.07. The fourth-order valence-corrected chi connectivity index (χ4v) is 1.17. The minimum absolute atomic E-state index is 0.223. The third-order valence-electron chi connectivity index (χ3n) is 1.89. The summed E-state index contributed by atoms with van der Waals surface area (Å²) in [6, 6.07) is 0. The lowest BCUT2D eigenvalue weighted by Gasteiger charge is -2.19. The number of aromatic amines is 1. The Hall–Kier alpha value is -1.85. The van der Waals surface area contributed by atoms with Crippen molar-refractivity contribution < 1.29 is 9.53 Å². The predicted octanol–water partition coefficient (Wildman–Crippen LogP) is 1.73. The standard InChI is InChI=1S/C11H17N3O3/c1-6-8(12-7(2)13-9(6)15)14-10(16)17-11(3,4)5/h1-5H3,(H2,12,13,14,15,16). The first-order valence-electron chi connectivity index (χ1n) is 5.26. The number of H-pyrrole nitrogens is 1. The minimum Gasteiger partial charge on any atom is -0.444 e. The molecule has 0 spiro atoms. The van der Waals surface area contributed by atoms with Crippen molar-refractivity contribution >= 4 is 11.9 Å². The number of anilines is 1. The number of ether oxygens (including phenoxy) is 1. The topological polar surface area (TPSA) is 84.1 Å². The van der Waals surface area contributed by atoms with E-state index in [0.29, 0.717) is 11.4 Å². The van der Waals surface area contributed by atoms with Crippen LogP contribution in [0.4, 0.5) is 10.6 Å². The zero-order valence-corrected chi connectivity index (χ0v) is 10.7. The van der Waals surface area contributed by atoms with E-state index in [1.165, 1.54) is 0 Å². The molecule has 17 heavy (non-hydrogen) atoms. The average molecular weight is 239 g/mol. The summed E-state index contributed by atoms with van der Waals surface area (Å²) in [4.78, 5) is 29.5. The summed E-state index contributed by atoms with van der Waals surface area (Å²) in [7, 11) is 0. The third-order valence-corrected chi connectivity index (χ3v) is 1.89. The number of aryl methyl sites for hydroxylation is 1. The number of aromatic nitrogens is 2. The molecule has 6 nitrogen and oxygen atoms in total. The summed E-state index contributed by atoms with van der Waals surface area (Å²) in [5, 5.41) is 2.46. The molecule has 1 aromatic rings. The number of carbonyl (C=O) groups is 1. The summed E-state index contributed by atoms with van der Waals surface area (Å²) in [6.07, 6.45) is -0.627. The number of amides is 1. The SMILES string of the molecule is Cc1nc(NC(=O)OC(C)(C)C)c(C)c(=O)[nH]1. The van der Waals surface area contributed by atoms with Gasteiger partial charge in [-0.15, -0.1) is 0 Å². The van der Waals surface area contributed by atoms with Gasteiger partial charge in [0.25, 0.3) is 5.56 Å². The molecule has 0 bridgehead atoms. The molecule has 0 saturated heterocycles. The minimum atomic E-state index is -0.627. The van der Waals surface area contributed by atoms with Gasteiger partial charge in [0.2, 0.25) is 0 Å². The second kappa shape index (κ2) is 4.57. The second-order valence-corrected chi connectivity index (χ2v) is 4.75. The van der Waals surface area contributed by atoms with Crippen molar-refractivity contribution in [1.82, 2.24) is 9.97 Å². The van der Waals surface area contributed by atoms with Gasteiger partial charge in [-0.05, 0) is 34.6 Å². The molecule has 0 radical (unpaired) electrons. The highest BCUT2D eigenvalue weighted by Crippen LogP contribution is 2.11. The highest BCUT2D eigenvalue weighted by atomic mass is 16.6. The largest absolute Gasteiger partial charge is 0.444 e. The van der Waals surface area contributed by atoms with Gasteiger partial charge in [0.1, 0.15) is 17.2 Å². The van der Waals surface area contributed by atoms with Gasteiger partial charge in [0, 0.05) is 0 Å². The van der Waals surface area contributed by atoms with Crippen molar-refractivity contribution in [3.05, 3.63) is 21.7 Å². The van der Waals surface area contributed by atoms with Gasteiger partial charge in [-0.25, -0.2) is 9.78 Å². The van der Waals surface area contributed by atoms with Gasteiger partial charge in [-0.3, -0.25) is 10.1 Å².